The summed E-state index contributed by atoms with van der Waals surface area (Å²) in [5.74, 6) is -1.45. The summed E-state index contributed by atoms with van der Waals surface area (Å²) >= 11 is 0. The highest BCUT2D eigenvalue weighted by Gasteiger charge is 2.26. The molecule has 2 rings (SSSR count). The first-order valence-corrected chi connectivity index (χ1v) is 5.66. The molecule has 1 aromatic carbocycles. The highest BCUT2D eigenvalue weighted by Crippen LogP contribution is 2.09. The lowest BCUT2D eigenvalue weighted by Crippen LogP contribution is -2.31. The molecule has 0 aromatic heterocycles. The fourth-order valence-corrected chi connectivity index (χ4v) is 1.60. The molecule has 1 aromatic rings. The quantitative estimate of drug-likeness (QED) is 0.822. The van der Waals surface area contributed by atoms with Gasteiger partial charge in [-0.3, -0.25) is 9.59 Å². The van der Waals surface area contributed by atoms with Gasteiger partial charge in [0.2, 0.25) is 0 Å². The minimum Gasteiger partial charge on any atom is -0.320 e. The van der Waals surface area contributed by atoms with E-state index < -0.39 is 17.7 Å². The van der Waals surface area contributed by atoms with Crippen LogP contribution in [0.1, 0.15) is 5.56 Å². The van der Waals surface area contributed by atoms with Crippen LogP contribution in [0.2, 0.25) is 0 Å². The van der Waals surface area contributed by atoms with Gasteiger partial charge in [-0.2, -0.15) is 0 Å². The molecular weight excluding hydrogens is 246 g/mol. The van der Waals surface area contributed by atoms with E-state index >= 15 is 0 Å². The molecule has 0 fully saturated rings. The number of carbonyl (C=O) groups is 3. The van der Waals surface area contributed by atoms with Crippen LogP contribution in [-0.4, -0.2) is 29.0 Å². The number of anilines is 1. The molecule has 0 atom stereocenters. The average Bonchev–Trinajstić information content (AvgIpc) is 2.34. The number of amides is 3. The van der Waals surface area contributed by atoms with Crippen LogP contribution in [0, 0.1) is 6.92 Å². The van der Waals surface area contributed by atoms with E-state index in [1.54, 1.807) is 12.1 Å². The van der Waals surface area contributed by atoms with E-state index in [0.29, 0.717) is 5.69 Å². The number of benzene rings is 1. The summed E-state index contributed by atoms with van der Waals surface area (Å²) in [7, 11) is 0. The summed E-state index contributed by atoms with van der Waals surface area (Å²) in [4.78, 5) is 34.2. The molecule has 0 saturated carbocycles. The third kappa shape index (κ3) is 3.41. The van der Waals surface area contributed by atoms with Crippen molar-refractivity contribution in [1.82, 2.24) is 0 Å². The van der Waals surface area contributed by atoms with E-state index in [1.807, 2.05) is 19.1 Å². The summed E-state index contributed by atoms with van der Waals surface area (Å²) in [6, 6.07) is 7.26. The van der Waals surface area contributed by atoms with Crippen LogP contribution in [0.4, 0.5) is 5.69 Å². The maximum atomic E-state index is 11.7. The van der Waals surface area contributed by atoms with Gasteiger partial charge in [0.05, 0.1) is 6.08 Å². The van der Waals surface area contributed by atoms with Crippen LogP contribution in [0.25, 0.3) is 0 Å². The van der Waals surface area contributed by atoms with E-state index in [-0.39, 0.29) is 6.54 Å². The van der Waals surface area contributed by atoms with E-state index in [2.05, 4.69) is 10.4 Å². The summed E-state index contributed by atoms with van der Waals surface area (Å²) in [5, 5.41) is 6.10. The Morgan fingerprint density at radius 3 is 2.84 bits per heavy atom. The van der Waals surface area contributed by atoms with Gasteiger partial charge in [-0.1, -0.05) is 12.1 Å². The average molecular weight is 258 g/mol. The van der Waals surface area contributed by atoms with E-state index in [4.69, 9.17) is 0 Å². The van der Waals surface area contributed by atoms with Gasteiger partial charge in [-0.25, -0.2) is 4.79 Å². The van der Waals surface area contributed by atoms with Crippen molar-refractivity contribution in [2.45, 2.75) is 6.92 Å². The first-order valence-electron chi connectivity index (χ1n) is 5.66. The maximum Gasteiger partial charge on any atom is 0.437 e. The van der Waals surface area contributed by atoms with Gasteiger partial charge in [0.1, 0.15) is 0 Å². The van der Waals surface area contributed by atoms with Crippen molar-refractivity contribution in [1.29, 1.82) is 0 Å². The van der Waals surface area contributed by atoms with Crippen molar-refractivity contribution in [3.8, 4) is 0 Å². The molecule has 0 aliphatic carbocycles. The zero-order valence-corrected chi connectivity index (χ0v) is 10.3. The van der Waals surface area contributed by atoms with Crippen LogP contribution in [-0.2, 0) is 14.4 Å². The number of hydrogen-bond acceptors (Lipinski definition) is 3. The summed E-state index contributed by atoms with van der Waals surface area (Å²) in [5.41, 5.74) is 1.64. The Labute approximate surface area is 109 Å². The largest absolute Gasteiger partial charge is 0.437 e. The Kier molecular flexibility index (Phi) is 3.61. The van der Waals surface area contributed by atoms with E-state index in [9.17, 15) is 14.4 Å². The Bertz CT molecular complexity index is 617. The number of rotatable bonds is 3. The minimum atomic E-state index is -0.553. The molecule has 0 bridgehead atoms. The number of hydrogen-bond donors (Lipinski definition) is 1. The second-order valence-corrected chi connectivity index (χ2v) is 4.09. The fourth-order valence-electron chi connectivity index (χ4n) is 1.60. The third-order valence-corrected chi connectivity index (χ3v) is 2.44. The summed E-state index contributed by atoms with van der Waals surface area (Å²) in [6.45, 7) is 1.62. The summed E-state index contributed by atoms with van der Waals surface area (Å²) < 4.78 is 0.841. The Hall–Kier alpha value is -2.63. The van der Waals surface area contributed by atoms with Gasteiger partial charge in [0.15, 0.2) is 0 Å². The molecule has 1 N–H and O–H groups in total. The Morgan fingerprint density at radius 2 is 2.11 bits per heavy atom. The Balaban J connectivity index is 2.02. The second kappa shape index (κ2) is 5.34. The van der Waals surface area contributed by atoms with Crippen LogP contribution in [0.3, 0.4) is 0 Å². The first-order chi connectivity index (χ1) is 9.04. The zero-order valence-electron chi connectivity index (χ0n) is 10.3. The number of carbonyl (C=O) groups excluding carboxylic acids is 3. The smallest absolute Gasteiger partial charge is 0.320 e. The predicted molar refractivity (Wildman–Crippen MR) is 66.5 cm³/mol. The molecule has 6 nitrogen and oxygen atoms in total. The SMILES string of the molecule is Cc1cccc(NC(=O)C[N+]2=NC(=O)C=CC2=O)c1. The standard InChI is InChI=1S/C13H11N3O3/c1-9-3-2-4-10(7-9)14-12(18)8-16-13(19)6-5-11(17)15-16/h2-7H,8H2,1H3/p+1. The number of nitrogens with one attached hydrogen (secondary N) is 1. The molecule has 1 heterocycles. The molecule has 0 radical (unpaired) electrons. The van der Waals surface area contributed by atoms with Gasteiger partial charge in [0.25, 0.3) is 12.5 Å². The fraction of sp³-hybridized carbons (Fsp3) is 0.154. The molecule has 0 unspecified atom stereocenters. The second-order valence-electron chi connectivity index (χ2n) is 4.09. The van der Waals surface area contributed by atoms with Gasteiger partial charge >= 0.3 is 11.8 Å². The normalized spacial score (nSPS) is 14.3. The molecule has 19 heavy (non-hydrogen) atoms. The Morgan fingerprint density at radius 1 is 1.32 bits per heavy atom. The molecule has 0 spiro atoms. The number of azo groups is 2. The van der Waals surface area contributed by atoms with Crippen molar-refractivity contribution in [3.63, 3.8) is 0 Å². The molecule has 0 saturated heterocycles. The monoisotopic (exact) mass is 258 g/mol. The topological polar surface area (TPSA) is 78.6 Å². The van der Waals surface area contributed by atoms with Gasteiger partial charge in [-0.05, 0) is 29.3 Å². The van der Waals surface area contributed by atoms with Crippen molar-refractivity contribution in [2.75, 3.05) is 11.9 Å². The highest BCUT2D eigenvalue weighted by atomic mass is 16.2. The van der Waals surface area contributed by atoms with Gasteiger partial charge in [0, 0.05) is 16.9 Å². The molecule has 1 aliphatic heterocycles. The predicted octanol–water partition coefficient (Wildman–Crippen LogP) is 1.02. The van der Waals surface area contributed by atoms with Crippen molar-refractivity contribution in [2.24, 2.45) is 5.11 Å². The first kappa shape index (κ1) is 12.8. The molecule has 6 heteroatoms. The lowest BCUT2D eigenvalue weighted by Gasteiger charge is -2.04. The molecule has 1 aliphatic rings. The lowest BCUT2D eigenvalue weighted by atomic mass is 10.2. The van der Waals surface area contributed by atoms with Gasteiger partial charge < -0.3 is 5.32 Å². The van der Waals surface area contributed by atoms with E-state index in [0.717, 1.165) is 22.4 Å². The van der Waals surface area contributed by atoms with E-state index in [1.165, 1.54) is 0 Å². The van der Waals surface area contributed by atoms with Crippen molar-refractivity contribution < 1.29 is 19.1 Å². The number of nitrogens with zero attached hydrogens (tertiary/aromatic N) is 2. The third-order valence-electron chi connectivity index (χ3n) is 2.44. The van der Waals surface area contributed by atoms with Crippen LogP contribution in [0.5, 0.6) is 0 Å². The van der Waals surface area contributed by atoms with Crippen LogP contribution in [0.15, 0.2) is 41.5 Å². The van der Waals surface area contributed by atoms with Crippen LogP contribution < -0.4 is 5.32 Å². The van der Waals surface area contributed by atoms with Gasteiger partial charge in [-0.15, -0.1) is 0 Å². The molecular formula is C13H12N3O3+. The lowest BCUT2D eigenvalue weighted by molar-refractivity contribution is -0.495. The number of aryl methyl sites for hydroxylation is 1. The van der Waals surface area contributed by atoms with Crippen molar-refractivity contribution in [3.05, 3.63) is 42.0 Å². The highest BCUT2D eigenvalue weighted by molar-refractivity contribution is 5.98. The van der Waals surface area contributed by atoms with Crippen molar-refractivity contribution >= 4 is 23.4 Å². The zero-order chi connectivity index (χ0) is 13.8. The maximum absolute atomic E-state index is 11.7. The summed E-state index contributed by atoms with van der Waals surface area (Å²) in [6.07, 6.45) is 2.16. The minimum absolute atomic E-state index is 0.289. The molecule has 3 amide bonds. The van der Waals surface area contributed by atoms with Crippen LogP contribution >= 0.6 is 0 Å². The molecule has 96 valence electrons.